The molecule has 1 aliphatic heterocycles. The molecule has 15 heteroatoms. The predicted molar refractivity (Wildman–Crippen MR) is 173 cm³/mol. The van der Waals surface area contributed by atoms with E-state index in [0.717, 1.165) is 23.8 Å². The molecule has 4 rings (SSSR count). The number of hydrogen-bond donors (Lipinski definition) is 2. The summed E-state index contributed by atoms with van der Waals surface area (Å²) < 4.78 is 61.2. The average molecular weight is 671 g/mol. The molecular formula is C32H38N4O10S. The molecule has 47 heavy (non-hydrogen) atoms. The molecule has 0 aromatic heterocycles. The molecule has 3 aromatic carbocycles. The molecule has 1 saturated heterocycles. The third kappa shape index (κ3) is 9.26. The lowest BCUT2D eigenvalue weighted by molar-refractivity contribution is -0.123. The van der Waals surface area contributed by atoms with E-state index in [9.17, 15) is 18.0 Å². The average Bonchev–Trinajstić information content (AvgIpc) is 3.62. The van der Waals surface area contributed by atoms with E-state index in [0.29, 0.717) is 29.4 Å². The number of methoxy groups -OCH3 is 4. The van der Waals surface area contributed by atoms with Crippen molar-refractivity contribution in [3.8, 4) is 28.7 Å². The molecule has 0 bridgehead atoms. The molecule has 0 unspecified atom stereocenters. The van der Waals surface area contributed by atoms with Crippen molar-refractivity contribution >= 4 is 33.7 Å². The van der Waals surface area contributed by atoms with Gasteiger partial charge in [0.15, 0.2) is 18.1 Å². The Kier molecular flexibility index (Phi) is 12.2. The number of nitrogens with zero attached hydrogens (tertiary/aromatic N) is 2. The molecule has 2 amide bonds. The fourth-order valence-electron chi connectivity index (χ4n) is 4.62. The lowest BCUT2D eigenvalue weighted by atomic mass is 10.2. The summed E-state index contributed by atoms with van der Waals surface area (Å²) in [5.74, 6) is 0.550. The number of amides is 2. The highest BCUT2D eigenvalue weighted by Crippen LogP contribution is 2.37. The summed E-state index contributed by atoms with van der Waals surface area (Å²) in [6.07, 6.45) is 3.36. The lowest BCUT2D eigenvalue weighted by Crippen LogP contribution is -2.39. The minimum Gasteiger partial charge on any atom is -0.497 e. The van der Waals surface area contributed by atoms with Crippen LogP contribution in [0.3, 0.4) is 0 Å². The van der Waals surface area contributed by atoms with Gasteiger partial charge in [-0.05, 0) is 66.9 Å². The smallest absolute Gasteiger partial charge is 0.265 e. The second-order valence-electron chi connectivity index (χ2n) is 10.2. The highest BCUT2D eigenvalue weighted by molar-refractivity contribution is 7.92. The van der Waals surface area contributed by atoms with Crippen molar-refractivity contribution < 1.29 is 46.4 Å². The second-order valence-corrected chi connectivity index (χ2v) is 12.0. The van der Waals surface area contributed by atoms with Crippen LogP contribution in [0.15, 0.2) is 70.7 Å². The highest BCUT2D eigenvalue weighted by Gasteiger charge is 2.31. The van der Waals surface area contributed by atoms with Crippen LogP contribution in [0, 0.1) is 0 Å². The molecule has 1 atom stereocenters. The van der Waals surface area contributed by atoms with Crippen LogP contribution in [-0.4, -0.2) is 87.3 Å². The number of carbonyl (C=O) groups is 2. The van der Waals surface area contributed by atoms with Gasteiger partial charge in [0.25, 0.3) is 21.8 Å². The predicted octanol–water partition coefficient (Wildman–Crippen LogP) is 2.74. The van der Waals surface area contributed by atoms with Crippen LogP contribution >= 0.6 is 0 Å². The SMILES string of the molecule is COc1ccc(OC)c(N(CC(=O)N/N=C\c2ccc(OCC(=O)NC[C@H]3CCCO3)cc2)S(=O)(=O)c2ccc(OC)c(OC)c2)c1. The summed E-state index contributed by atoms with van der Waals surface area (Å²) in [7, 11) is 1.27. The van der Waals surface area contributed by atoms with Gasteiger partial charge in [0.1, 0.15) is 23.8 Å². The van der Waals surface area contributed by atoms with E-state index < -0.39 is 22.5 Å². The van der Waals surface area contributed by atoms with Crippen molar-refractivity contribution in [1.29, 1.82) is 0 Å². The Morgan fingerprint density at radius 1 is 0.894 bits per heavy atom. The van der Waals surface area contributed by atoms with Crippen LogP contribution in [0.5, 0.6) is 28.7 Å². The third-order valence-electron chi connectivity index (χ3n) is 7.09. The number of hydrogen-bond acceptors (Lipinski definition) is 11. The maximum atomic E-state index is 14.0. The Hall–Kier alpha value is -5.02. The van der Waals surface area contributed by atoms with Gasteiger partial charge in [0.2, 0.25) is 0 Å². The molecule has 0 aliphatic carbocycles. The van der Waals surface area contributed by atoms with Crippen LogP contribution in [0.1, 0.15) is 18.4 Å². The first kappa shape index (κ1) is 34.8. The van der Waals surface area contributed by atoms with Crippen molar-refractivity contribution in [2.45, 2.75) is 23.8 Å². The molecule has 1 fully saturated rings. The highest BCUT2D eigenvalue weighted by atomic mass is 32.2. The maximum absolute atomic E-state index is 14.0. The molecule has 1 aliphatic rings. The Morgan fingerprint density at radius 3 is 2.26 bits per heavy atom. The zero-order chi connectivity index (χ0) is 33.8. The minimum absolute atomic E-state index is 0.0489. The van der Waals surface area contributed by atoms with Crippen molar-refractivity contribution in [2.75, 3.05) is 59.0 Å². The van der Waals surface area contributed by atoms with E-state index in [1.807, 2.05) is 0 Å². The van der Waals surface area contributed by atoms with Gasteiger partial charge in [-0.25, -0.2) is 13.8 Å². The Balaban J connectivity index is 1.44. The largest absolute Gasteiger partial charge is 0.497 e. The number of rotatable bonds is 16. The topological polar surface area (TPSA) is 163 Å². The Morgan fingerprint density at radius 2 is 1.60 bits per heavy atom. The zero-order valence-electron chi connectivity index (χ0n) is 26.6. The molecule has 0 spiro atoms. The van der Waals surface area contributed by atoms with Gasteiger partial charge in [-0.3, -0.25) is 13.9 Å². The molecule has 252 valence electrons. The van der Waals surface area contributed by atoms with Gasteiger partial charge in [0, 0.05) is 25.3 Å². The molecule has 0 saturated carbocycles. The summed E-state index contributed by atoms with van der Waals surface area (Å²) in [4.78, 5) is 25.0. The zero-order valence-corrected chi connectivity index (χ0v) is 27.4. The molecular weight excluding hydrogens is 632 g/mol. The summed E-state index contributed by atoms with van der Waals surface area (Å²) in [6, 6.07) is 15.4. The Labute approximate surface area is 273 Å². The van der Waals surface area contributed by atoms with E-state index in [2.05, 4.69) is 15.8 Å². The lowest BCUT2D eigenvalue weighted by Gasteiger charge is -2.26. The van der Waals surface area contributed by atoms with Crippen molar-refractivity contribution in [3.05, 3.63) is 66.2 Å². The number of anilines is 1. The third-order valence-corrected chi connectivity index (χ3v) is 8.84. The van der Waals surface area contributed by atoms with Crippen LogP contribution in [0.25, 0.3) is 0 Å². The van der Waals surface area contributed by atoms with E-state index in [1.54, 1.807) is 30.3 Å². The Bertz CT molecular complexity index is 1660. The normalized spacial score (nSPS) is 14.3. The van der Waals surface area contributed by atoms with E-state index >= 15 is 0 Å². The van der Waals surface area contributed by atoms with Crippen LogP contribution in [0.2, 0.25) is 0 Å². The van der Waals surface area contributed by atoms with E-state index in [4.69, 9.17) is 28.4 Å². The van der Waals surface area contributed by atoms with E-state index in [1.165, 1.54) is 65.0 Å². The fraction of sp³-hybridized carbons (Fsp3) is 0.344. The summed E-state index contributed by atoms with van der Waals surface area (Å²) in [5, 5.41) is 6.77. The van der Waals surface area contributed by atoms with Crippen LogP contribution in [0.4, 0.5) is 5.69 Å². The quantitative estimate of drug-likeness (QED) is 0.171. The fourth-order valence-corrected chi connectivity index (χ4v) is 6.06. The number of ether oxygens (including phenoxy) is 6. The molecule has 14 nitrogen and oxygen atoms in total. The van der Waals surface area contributed by atoms with Crippen molar-refractivity contribution in [2.24, 2.45) is 5.10 Å². The monoisotopic (exact) mass is 670 g/mol. The molecule has 3 aromatic rings. The van der Waals surface area contributed by atoms with Gasteiger partial charge in [-0.15, -0.1) is 0 Å². The second kappa shape index (κ2) is 16.5. The first-order chi connectivity index (χ1) is 22.7. The van der Waals surface area contributed by atoms with Crippen molar-refractivity contribution in [3.63, 3.8) is 0 Å². The standard InChI is InChI=1S/C32H38N4O10S/c1-41-24-11-13-28(42-2)27(16-24)36(47(39,40)26-12-14-29(43-3)30(17-26)44-4)20-31(37)35-34-18-22-7-9-23(10-8-22)46-21-32(38)33-19-25-6-5-15-45-25/h7-14,16-18,25H,5-6,15,19-21H2,1-4H3,(H,33,38)(H,35,37)/b34-18-/t25-/m1/s1. The number of hydrazone groups is 1. The van der Waals surface area contributed by atoms with Crippen LogP contribution < -0.4 is 38.7 Å². The number of carbonyl (C=O) groups excluding carboxylic acids is 2. The van der Waals surface area contributed by atoms with Crippen LogP contribution in [-0.2, 0) is 24.3 Å². The first-order valence-corrected chi connectivity index (χ1v) is 16.0. The van der Waals surface area contributed by atoms with Gasteiger partial charge in [0.05, 0.1) is 51.3 Å². The maximum Gasteiger partial charge on any atom is 0.265 e. The van der Waals surface area contributed by atoms with Gasteiger partial charge in [-0.2, -0.15) is 5.10 Å². The summed E-state index contributed by atoms with van der Waals surface area (Å²) in [6.45, 7) is 0.377. The summed E-state index contributed by atoms with van der Waals surface area (Å²) >= 11 is 0. The van der Waals surface area contributed by atoms with Gasteiger partial charge < -0.3 is 33.7 Å². The number of benzene rings is 3. The number of nitrogens with one attached hydrogen (secondary N) is 2. The van der Waals surface area contributed by atoms with Gasteiger partial charge in [-0.1, -0.05) is 0 Å². The minimum atomic E-state index is -4.37. The number of sulfonamides is 1. The summed E-state index contributed by atoms with van der Waals surface area (Å²) in [5.41, 5.74) is 3.05. The van der Waals surface area contributed by atoms with Crippen molar-refractivity contribution in [1.82, 2.24) is 10.7 Å². The van der Waals surface area contributed by atoms with E-state index in [-0.39, 0.29) is 40.7 Å². The molecule has 0 radical (unpaired) electrons. The first-order valence-electron chi connectivity index (χ1n) is 14.6. The van der Waals surface area contributed by atoms with Gasteiger partial charge >= 0.3 is 0 Å². The molecule has 1 heterocycles. The molecule has 2 N–H and O–H groups in total.